The molecule has 211 valence electrons. The van der Waals surface area contributed by atoms with Crippen molar-refractivity contribution in [1.29, 1.82) is 0 Å². The molecule has 0 aliphatic carbocycles. The molecule has 0 fully saturated rings. The van der Waals surface area contributed by atoms with Crippen molar-refractivity contribution in [3.63, 3.8) is 0 Å². The maximum atomic E-state index is 14.0. The lowest BCUT2D eigenvalue weighted by Gasteiger charge is -2.13. The molecule has 40 heavy (non-hydrogen) atoms. The van der Waals surface area contributed by atoms with Gasteiger partial charge in [0.1, 0.15) is 23.1 Å². The molecule has 0 aromatic heterocycles. The van der Waals surface area contributed by atoms with Gasteiger partial charge in [0, 0.05) is 15.6 Å². The van der Waals surface area contributed by atoms with E-state index in [0.717, 1.165) is 0 Å². The Morgan fingerprint density at radius 3 is 1.52 bits per heavy atom. The first kappa shape index (κ1) is 33.0. The monoisotopic (exact) mass is 655 g/mol. The zero-order valence-corrected chi connectivity index (χ0v) is 25.0. The fourth-order valence-electron chi connectivity index (χ4n) is 3.27. The molecule has 4 aromatic rings. The van der Waals surface area contributed by atoms with Crippen molar-refractivity contribution in [3.05, 3.63) is 98.9 Å². The highest BCUT2D eigenvalue weighted by atomic mass is 79.9. The number of hydrogen-bond donors (Lipinski definition) is 1. The van der Waals surface area contributed by atoms with Gasteiger partial charge in [-0.25, -0.2) is 8.78 Å². The Kier molecular flexibility index (Phi) is 13.9. The number of para-hydroxylation sites is 1. The Morgan fingerprint density at radius 1 is 0.675 bits per heavy atom. The Hall–Kier alpha value is -3.18. The standard InChI is InChI=1S/C14H12ClFO2.C8H10BO4.C6H3BrClF/c1-17-12-4-3-5-13(18-2)14(12)10-7-6-9(15)8-11(10)16;1-11-6-4-3-5-7(12-2)8(6)13-9-10;7-5-2-1-4(8)3-6(5)9/h3-8H,1-2H3;3-5,10H,1-2H3;1-3H. The van der Waals surface area contributed by atoms with Crippen LogP contribution in [0.1, 0.15) is 0 Å². The minimum absolute atomic E-state index is 0.331. The summed E-state index contributed by atoms with van der Waals surface area (Å²) in [7, 11) is 6.68. The van der Waals surface area contributed by atoms with E-state index in [9.17, 15) is 8.78 Å². The number of hydrogen-bond acceptors (Lipinski definition) is 6. The van der Waals surface area contributed by atoms with Gasteiger partial charge in [-0.1, -0.05) is 35.3 Å². The van der Waals surface area contributed by atoms with Crippen LogP contribution in [0.3, 0.4) is 0 Å². The molecule has 0 bridgehead atoms. The first-order valence-electron chi connectivity index (χ1n) is 11.3. The largest absolute Gasteiger partial charge is 0.569 e. The average Bonchev–Trinajstić information content (AvgIpc) is 2.96. The van der Waals surface area contributed by atoms with Gasteiger partial charge in [0.05, 0.1) is 38.5 Å². The molecule has 0 unspecified atom stereocenters. The van der Waals surface area contributed by atoms with Crippen LogP contribution in [0.15, 0.2) is 77.3 Å². The molecule has 0 aliphatic heterocycles. The zero-order valence-electron chi connectivity index (χ0n) is 21.9. The van der Waals surface area contributed by atoms with Crippen LogP contribution >= 0.6 is 39.1 Å². The number of halogens is 5. The zero-order chi connectivity index (χ0) is 29.7. The summed E-state index contributed by atoms with van der Waals surface area (Å²) in [4.78, 5) is 0. The molecular formula is C28H25BBrCl2F2O6. The minimum atomic E-state index is -0.412. The summed E-state index contributed by atoms with van der Waals surface area (Å²) >= 11 is 14.2. The van der Waals surface area contributed by atoms with Crippen LogP contribution in [-0.4, -0.2) is 41.1 Å². The summed E-state index contributed by atoms with van der Waals surface area (Å²) in [5.74, 6) is 1.73. The molecule has 0 aliphatic rings. The predicted octanol–water partition coefficient (Wildman–Crippen LogP) is 8.01. The molecule has 6 nitrogen and oxygen atoms in total. The van der Waals surface area contributed by atoms with Crippen LogP contribution in [0.4, 0.5) is 8.78 Å². The summed E-state index contributed by atoms with van der Waals surface area (Å²) in [6, 6.07) is 19.4. The van der Waals surface area contributed by atoms with E-state index in [4.69, 9.17) is 51.8 Å². The van der Waals surface area contributed by atoms with E-state index in [1.165, 1.54) is 40.6 Å². The second kappa shape index (κ2) is 16.8. The van der Waals surface area contributed by atoms with Crippen LogP contribution in [0, 0.1) is 11.6 Å². The average molecular weight is 657 g/mol. The lowest BCUT2D eigenvalue weighted by Crippen LogP contribution is -2.03. The SMILES string of the molecule is COc1cccc(OC)c1-c1ccc(Cl)cc1F.COc1cccc(OC)c1O[B]O.Fc1cc(Cl)ccc1Br. The quantitative estimate of drug-likeness (QED) is 0.161. The third-order valence-electron chi connectivity index (χ3n) is 5.06. The molecule has 0 amide bonds. The fourth-order valence-corrected chi connectivity index (χ4v) is 3.83. The van der Waals surface area contributed by atoms with Crippen LogP contribution in [0.5, 0.6) is 28.7 Å². The van der Waals surface area contributed by atoms with Crippen molar-refractivity contribution in [1.82, 2.24) is 0 Å². The van der Waals surface area contributed by atoms with Gasteiger partial charge < -0.3 is 28.6 Å². The minimum Gasteiger partial charge on any atom is -0.532 e. The molecule has 0 saturated heterocycles. The summed E-state index contributed by atoms with van der Waals surface area (Å²) in [5, 5.41) is 9.27. The molecule has 1 radical (unpaired) electrons. The normalized spacial score (nSPS) is 9.75. The molecule has 12 heteroatoms. The van der Waals surface area contributed by atoms with E-state index in [1.807, 2.05) is 0 Å². The summed E-state index contributed by atoms with van der Waals surface area (Å²) < 4.78 is 52.2. The fraction of sp³-hybridized carbons (Fsp3) is 0.143. The van der Waals surface area contributed by atoms with Crippen molar-refractivity contribution in [2.45, 2.75) is 0 Å². The smallest absolute Gasteiger partial charge is 0.532 e. The number of methoxy groups -OCH3 is 4. The number of rotatable bonds is 7. The van der Waals surface area contributed by atoms with Crippen LogP contribution in [-0.2, 0) is 0 Å². The molecule has 0 heterocycles. The van der Waals surface area contributed by atoms with E-state index in [0.29, 0.717) is 62.1 Å². The Bertz CT molecular complexity index is 1350. The van der Waals surface area contributed by atoms with Crippen molar-refractivity contribution in [2.75, 3.05) is 28.4 Å². The van der Waals surface area contributed by atoms with E-state index in [-0.39, 0.29) is 5.82 Å². The molecule has 0 atom stereocenters. The van der Waals surface area contributed by atoms with E-state index >= 15 is 0 Å². The van der Waals surface area contributed by atoms with Gasteiger partial charge in [-0.15, -0.1) is 0 Å². The molecule has 1 N–H and O–H groups in total. The summed E-state index contributed by atoms with van der Waals surface area (Å²) in [6.45, 7) is 0. The topological polar surface area (TPSA) is 66.4 Å². The third-order valence-corrected chi connectivity index (χ3v) is 6.18. The van der Waals surface area contributed by atoms with Gasteiger partial charge in [-0.05, 0) is 76.6 Å². The second-order valence-corrected chi connectivity index (χ2v) is 9.16. The van der Waals surface area contributed by atoms with Crippen LogP contribution in [0.25, 0.3) is 11.1 Å². The van der Waals surface area contributed by atoms with Crippen molar-refractivity contribution in [2.24, 2.45) is 0 Å². The number of benzene rings is 4. The van der Waals surface area contributed by atoms with Gasteiger partial charge in [-0.2, -0.15) is 0 Å². The van der Waals surface area contributed by atoms with E-state index in [2.05, 4.69) is 15.9 Å². The van der Waals surface area contributed by atoms with Gasteiger partial charge in [0.2, 0.25) is 0 Å². The highest BCUT2D eigenvalue weighted by molar-refractivity contribution is 9.10. The van der Waals surface area contributed by atoms with Gasteiger partial charge in [0.25, 0.3) is 0 Å². The molecule has 4 aromatic carbocycles. The highest BCUT2D eigenvalue weighted by Crippen LogP contribution is 2.40. The maximum Gasteiger partial charge on any atom is 0.569 e. The summed E-state index contributed by atoms with van der Waals surface area (Å²) in [6.07, 6.45) is 0. The molecule has 4 rings (SSSR count). The van der Waals surface area contributed by atoms with Gasteiger partial charge in [-0.3, -0.25) is 0 Å². The molecular weight excluding hydrogens is 632 g/mol. The van der Waals surface area contributed by atoms with E-state index < -0.39 is 5.82 Å². The Labute approximate surface area is 250 Å². The molecule has 0 saturated carbocycles. The Balaban J connectivity index is 0.000000224. The Morgan fingerprint density at radius 2 is 1.12 bits per heavy atom. The third kappa shape index (κ3) is 9.20. The maximum absolute atomic E-state index is 14.0. The predicted molar refractivity (Wildman–Crippen MR) is 157 cm³/mol. The summed E-state index contributed by atoms with van der Waals surface area (Å²) in [5.41, 5.74) is 0.977. The molecule has 0 spiro atoms. The lowest BCUT2D eigenvalue weighted by atomic mass is 10.0. The van der Waals surface area contributed by atoms with Crippen molar-refractivity contribution in [3.8, 4) is 39.9 Å². The number of ether oxygens (including phenoxy) is 4. The van der Waals surface area contributed by atoms with Crippen LogP contribution in [0.2, 0.25) is 10.0 Å². The second-order valence-electron chi connectivity index (χ2n) is 7.44. The van der Waals surface area contributed by atoms with Crippen LogP contribution < -0.4 is 23.6 Å². The highest BCUT2D eigenvalue weighted by Gasteiger charge is 2.16. The first-order chi connectivity index (χ1) is 19.2. The lowest BCUT2D eigenvalue weighted by molar-refractivity contribution is 0.351. The van der Waals surface area contributed by atoms with Crippen molar-refractivity contribution < 1.29 is 37.4 Å². The van der Waals surface area contributed by atoms with Gasteiger partial charge in [0.15, 0.2) is 17.2 Å². The van der Waals surface area contributed by atoms with Crippen molar-refractivity contribution >= 4 is 46.8 Å². The first-order valence-corrected chi connectivity index (χ1v) is 12.9. The van der Waals surface area contributed by atoms with E-state index in [1.54, 1.807) is 60.7 Å². The van der Waals surface area contributed by atoms with Gasteiger partial charge >= 0.3 is 7.69 Å².